The molecule has 0 aliphatic carbocycles. The Balaban J connectivity index is 2.24. The van der Waals surface area contributed by atoms with Crippen molar-refractivity contribution in [1.82, 2.24) is 10.3 Å². The van der Waals surface area contributed by atoms with Crippen LogP contribution >= 0.6 is 11.8 Å². The van der Waals surface area contributed by atoms with E-state index >= 15 is 0 Å². The predicted molar refractivity (Wildman–Crippen MR) is 67.5 cm³/mol. The zero-order chi connectivity index (χ0) is 12.0. The number of carbonyl (C=O) groups is 1. The van der Waals surface area contributed by atoms with E-state index in [1.807, 2.05) is 39.0 Å². The number of nitrogens with zero attached hydrogens (tertiary/aromatic N) is 1. The van der Waals surface area contributed by atoms with Crippen molar-refractivity contribution in [1.29, 1.82) is 0 Å². The van der Waals surface area contributed by atoms with E-state index in [9.17, 15) is 4.79 Å². The first-order valence-corrected chi connectivity index (χ1v) is 6.31. The van der Waals surface area contributed by atoms with Crippen molar-refractivity contribution in [2.45, 2.75) is 37.8 Å². The molecule has 16 heavy (non-hydrogen) atoms. The van der Waals surface area contributed by atoms with Crippen LogP contribution in [-0.2, 0) is 4.79 Å². The van der Waals surface area contributed by atoms with Crippen molar-refractivity contribution in [3.8, 4) is 0 Å². The monoisotopic (exact) mass is 238 g/mol. The van der Waals surface area contributed by atoms with Crippen molar-refractivity contribution in [3.63, 3.8) is 0 Å². The summed E-state index contributed by atoms with van der Waals surface area (Å²) in [7, 11) is 0. The SMILES string of the molecule is CC(C)(C)NC(=O)CCSc1ccccn1. The minimum Gasteiger partial charge on any atom is -0.351 e. The van der Waals surface area contributed by atoms with Gasteiger partial charge in [-0.25, -0.2) is 4.98 Å². The highest BCUT2D eigenvalue weighted by atomic mass is 32.2. The average molecular weight is 238 g/mol. The molecule has 0 spiro atoms. The number of hydrogen-bond donors (Lipinski definition) is 1. The Morgan fingerprint density at radius 3 is 2.75 bits per heavy atom. The van der Waals surface area contributed by atoms with Crippen LogP contribution in [-0.4, -0.2) is 22.2 Å². The summed E-state index contributed by atoms with van der Waals surface area (Å²) in [6.45, 7) is 5.95. The van der Waals surface area contributed by atoms with E-state index in [1.165, 1.54) is 0 Å². The summed E-state index contributed by atoms with van der Waals surface area (Å²) in [5.41, 5.74) is -0.146. The molecule has 0 atom stereocenters. The summed E-state index contributed by atoms with van der Waals surface area (Å²) < 4.78 is 0. The number of aromatic nitrogens is 1. The molecule has 3 nitrogen and oxygen atoms in total. The quantitative estimate of drug-likeness (QED) is 0.819. The van der Waals surface area contributed by atoms with Crippen LogP contribution in [0, 0.1) is 0 Å². The van der Waals surface area contributed by atoms with Gasteiger partial charge in [0.1, 0.15) is 0 Å². The van der Waals surface area contributed by atoms with Crippen LogP contribution in [0.15, 0.2) is 29.4 Å². The molecule has 1 aromatic heterocycles. The maximum Gasteiger partial charge on any atom is 0.221 e. The number of amides is 1. The van der Waals surface area contributed by atoms with Crippen molar-refractivity contribution in [2.24, 2.45) is 0 Å². The number of nitrogens with one attached hydrogen (secondary N) is 1. The first-order valence-electron chi connectivity index (χ1n) is 5.32. The summed E-state index contributed by atoms with van der Waals surface area (Å²) in [5.74, 6) is 0.856. The van der Waals surface area contributed by atoms with Gasteiger partial charge in [0.25, 0.3) is 0 Å². The molecule has 88 valence electrons. The van der Waals surface area contributed by atoms with Gasteiger partial charge in [-0.1, -0.05) is 6.07 Å². The van der Waals surface area contributed by atoms with Crippen molar-refractivity contribution in [2.75, 3.05) is 5.75 Å². The second kappa shape index (κ2) is 5.89. The standard InChI is InChI=1S/C12H18N2OS/c1-12(2,3)14-10(15)7-9-16-11-6-4-5-8-13-11/h4-6,8H,7,9H2,1-3H3,(H,14,15). The molecule has 0 saturated carbocycles. The van der Waals surface area contributed by atoms with E-state index in [1.54, 1.807) is 18.0 Å². The third-order valence-electron chi connectivity index (χ3n) is 1.73. The van der Waals surface area contributed by atoms with E-state index in [2.05, 4.69) is 10.3 Å². The Labute approximate surface area is 101 Å². The highest BCUT2D eigenvalue weighted by Gasteiger charge is 2.13. The van der Waals surface area contributed by atoms with Crippen LogP contribution < -0.4 is 5.32 Å². The highest BCUT2D eigenvalue weighted by molar-refractivity contribution is 7.99. The second-order valence-electron chi connectivity index (χ2n) is 4.56. The van der Waals surface area contributed by atoms with E-state index in [0.717, 1.165) is 10.8 Å². The van der Waals surface area contributed by atoms with Gasteiger partial charge in [0, 0.05) is 23.9 Å². The van der Waals surface area contributed by atoms with Crippen molar-refractivity contribution < 1.29 is 4.79 Å². The van der Waals surface area contributed by atoms with Crippen LogP contribution in [0.1, 0.15) is 27.2 Å². The third kappa shape index (κ3) is 5.75. The van der Waals surface area contributed by atoms with Gasteiger partial charge in [-0.15, -0.1) is 11.8 Å². The first-order chi connectivity index (χ1) is 7.47. The van der Waals surface area contributed by atoms with Crippen LogP contribution in [0.2, 0.25) is 0 Å². The van der Waals surface area contributed by atoms with Crippen molar-refractivity contribution in [3.05, 3.63) is 24.4 Å². The fourth-order valence-electron chi connectivity index (χ4n) is 1.16. The molecule has 0 fully saturated rings. The summed E-state index contributed by atoms with van der Waals surface area (Å²) in [6.07, 6.45) is 2.29. The molecule has 1 amide bonds. The van der Waals surface area contributed by atoms with Crippen LogP contribution in [0.4, 0.5) is 0 Å². The van der Waals surface area contributed by atoms with Gasteiger partial charge in [0.05, 0.1) is 5.03 Å². The lowest BCUT2D eigenvalue weighted by Crippen LogP contribution is -2.40. The number of carbonyl (C=O) groups excluding carboxylic acids is 1. The summed E-state index contributed by atoms with van der Waals surface area (Å²) in [4.78, 5) is 15.7. The van der Waals surface area contributed by atoms with Gasteiger partial charge in [-0.05, 0) is 32.9 Å². The lowest BCUT2D eigenvalue weighted by atomic mass is 10.1. The molecule has 0 bridgehead atoms. The molecule has 1 aromatic rings. The molecule has 1 rings (SSSR count). The highest BCUT2D eigenvalue weighted by Crippen LogP contribution is 2.14. The van der Waals surface area contributed by atoms with Gasteiger partial charge in [0.2, 0.25) is 5.91 Å². The van der Waals surface area contributed by atoms with E-state index in [-0.39, 0.29) is 11.4 Å². The maximum absolute atomic E-state index is 11.5. The Morgan fingerprint density at radius 1 is 1.44 bits per heavy atom. The Morgan fingerprint density at radius 2 is 2.19 bits per heavy atom. The van der Waals surface area contributed by atoms with E-state index in [4.69, 9.17) is 0 Å². The minimum atomic E-state index is -0.146. The number of thioether (sulfide) groups is 1. The third-order valence-corrected chi connectivity index (χ3v) is 2.68. The lowest BCUT2D eigenvalue weighted by Gasteiger charge is -2.20. The molecule has 0 aliphatic rings. The van der Waals surface area contributed by atoms with Gasteiger partial charge in [0.15, 0.2) is 0 Å². The summed E-state index contributed by atoms with van der Waals surface area (Å²) in [5, 5.41) is 3.90. The molecule has 1 heterocycles. The molecule has 0 saturated heterocycles. The largest absolute Gasteiger partial charge is 0.351 e. The average Bonchev–Trinajstić information content (AvgIpc) is 2.16. The van der Waals surface area contributed by atoms with Crippen LogP contribution in [0.25, 0.3) is 0 Å². The van der Waals surface area contributed by atoms with Gasteiger partial charge < -0.3 is 5.32 Å². The predicted octanol–water partition coefficient (Wildman–Crippen LogP) is 2.48. The van der Waals surface area contributed by atoms with E-state index in [0.29, 0.717) is 6.42 Å². The molecular formula is C12H18N2OS. The van der Waals surface area contributed by atoms with Gasteiger partial charge in [-0.2, -0.15) is 0 Å². The Bertz CT molecular complexity index is 333. The number of rotatable bonds is 4. The fraction of sp³-hybridized carbons (Fsp3) is 0.500. The Hall–Kier alpha value is -1.03. The zero-order valence-electron chi connectivity index (χ0n) is 9.99. The van der Waals surface area contributed by atoms with Gasteiger partial charge >= 0.3 is 0 Å². The zero-order valence-corrected chi connectivity index (χ0v) is 10.8. The smallest absolute Gasteiger partial charge is 0.221 e. The minimum absolute atomic E-state index is 0.0935. The molecular weight excluding hydrogens is 220 g/mol. The van der Waals surface area contributed by atoms with Crippen LogP contribution in [0.5, 0.6) is 0 Å². The molecule has 0 aliphatic heterocycles. The lowest BCUT2D eigenvalue weighted by molar-refractivity contribution is -0.122. The molecule has 0 unspecified atom stereocenters. The molecule has 1 N–H and O–H groups in total. The van der Waals surface area contributed by atoms with Crippen LogP contribution in [0.3, 0.4) is 0 Å². The number of pyridine rings is 1. The molecule has 0 radical (unpaired) electrons. The Kier molecular flexibility index (Phi) is 4.80. The fourth-order valence-corrected chi connectivity index (χ4v) is 1.97. The topological polar surface area (TPSA) is 42.0 Å². The molecule has 0 aromatic carbocycles. The number of hydrogen-bond acceptors (Lipinski definition) is 3. The summed E-state index contributed by atoms with van der Waals surface area (Å²) >= 11 is 1.60. The van der Waals surface area contributed by atoms with E-state index < -0.39 is 0 Å². The maximum atomic E-state index is 11.5. The first kappa shape index (κ1) is 13.0. The van der Waals surface area contributed by atoms with Crippen molar-refractivity contribution >= 4 is 17.7 Å². The summed E-state index contributed by atoms with van der Waals surface area (Å²) in [6, 6.07) is 5.78. The molecule has 4 heteroatoms. The van der Waals surface area contributed by atoms with Gasteiger partial charge in [-0.3, -0.25) is 4.79 Å². The second-order valence-corrected chi connectivity index (χ2v) is 5.68. The normalized spacial score (nSPS) is 11.2.